The number of amides is 1. The molecule has 0 bridgehead atoms. The standard InChI is InChI=1S/C16H16N4O2S/c1-12-9-15(19-22-12)17-16(21)11-23-10-13-7-8-20(18-13)14-5-3-2-4-6-14/h2-9H,10-11H2,1H3,(H,17,19,21). The Kier molecular flexibility index (Phi) is 4.77. The summed E-state index contributed by atoms with van der Waals surface area (Å²) >= 11 is 1.50. The molecular formula is C16H16N4O2S. The van der Waals surface area contributed by atoms with Crippen molar-refractivity contribution in [2.45, 2.75) is 12.7 Å². The van der Waals surface area contributed by atoms with E-state index >= 15 is 0 Å². The molecule has 6 nitrogen and oxygen atoms in total. The van der Waals surface area contributed by atoms with Gasteiger partial charge in [0.2, 0.25) is 5.91 Å². The fourth-order valence-corrected chi connectivity index (χ4v) is 2.74. The highest BCUT2D eigenvalue weighted by Gasteiger charge is 2.07. The summed E-state index contributed by atoms with van der Waals surface area (Å²) in [5.74, 6) is 2.02. The summed E-state index contributed by atoms with van der Waals surface area (Å²) in [5, 5.41) is 10.9. The Bertz CT molecular complexity index is 782. The van der Waals surface area contributed by atoms with Gasteiger partial charge in [0.05, 0.1) is 17.1 Å². The minimum absolute atomic E-state index is 0.106. The number of thioether (sulfide) groups is 1. The minimum atomic E-state index is -0.106. The van der Waals surface area contributed by atoms with Crippen molar-refractivity contribution in [1.29, 1.82) is 0 Å². The molecule has 23 heavy (non-hydrogen) atoms. The van der Waals surface area contributed by atoms with E-state index in [2.05, 4.69) is 15.6 Å². The molecule has 0 aliphatic rings. The van der Waals surface area contributed by atoms with Gasteiger partial charge in [-0.05, 0) is 25.1 Å². The van der Waals surface area contributed by atoms with Crippen molar-refractivity contribution >= 4 is 23.5 Å². The molecule has 7 heteroatoms. The van der Waals surface area contributed by atoms with Gasteiger partial charge >= 0.3 is 0 Å². The number of para-hydroxylation sites is 1. The van der Waals surface area contributed by atoms with Gasteiger partial charge in [-0.1, -0.05) is 23.4 Å². The summed E-state index contributed by atoms with van der Waals surface area (Å²) in [6.07, 6.45) is 1.92. The number of hydrogen-bond donors (Lipinski definition) is 1. The van der Waals surface area contributed by atoms with Crippen LogP contribution < -0.4 is 5.32 Å². The Morgan fingerprint density at radius 2 is 2.13 bits per heavy atom. The van der Waals surface area contributed by atoms with Crippen molar-refractivity contribution in [3.63, 3.8) is 0 Å². The van der Waals surface area contributed by atoms with Crippen LogP contribution in [0.5, 0.6) is 0 Å². The van der Waals surface area contributed by atoms with Crippen molar-refractivity contribution in [1.82, 2.24) is 14.9 Å². The second-order valence-electron chi connectivity index (χ2n) is 4.95. The molecule has 0 saturated heterocycles. The van der Waals surface area contributed by atoms with E-state index in [1.165, 1.54) is 11.8 Å². The summed E-state index contributed by atoms with van der Waals surface area (Å²) in [5.41, 5.74) is 1.95. The van der Waals surface area contributed by atoms with Gasteiger partial charge in [-0.25, -0.2) is 4.68 Å². The topological polar surface area (TPSA) is 73.0 Å². The highest BCUT2D eigenvalue weighted by molar-refractivity contribution is 7.99. The minimum Gasteiger partial charge on any atom is -0.360 e. The van der Waals surface area contributed by atoms with E-state index in [-0.39, 0.29) is 5.91 Å². The smallest absolute Gasteiger partial charge is 0.235 e. The first-order valence-electron chi connectivity index (χ1n) is 7.11. The molecule has 1 aromatic carbocycles. The number of aryl methyl sites for hydroxylation is 1. The third-order valence-electron chi connectivity index (χ3n) is 3.04. The van der Waals surface area contributed by atoms with Crippen molar-refractivity contribution < 1.29 is 9.32 Å². The number of nitrogens with zero attached hydrogens (tertiary/aromatic N) is 3. The maximum Gasteiger partial charge on any atom is 0.235 e. The Morgan fingerprint density at radius 3 is 2.87 bits per heavy atom. The molecule has 0 aliphatic heterocycles. The zero-order valence-electron chi connectivity index (χ0n) is 12.6. The van der Waals surface area contributed by atoms with Crippen LogP contribution in [0.15, 0.2) is 53.2 Å². The lowest BCUT2D eigenvalue weighted by atomic mass is 10.3. The predicted molar refractivity (Wildman–Crippen MR) is 89.6 cm³/mol. The van der Waals surface area contributed by atoms with Gasteiger partial charge in [-0.2, -0.15) is 5.10 Å². The maximum atomic E-state index is 11.8. The quantitative estimate of drug-likeness (QED) is 0.753. The van der Waals surface area contributed by atoms with Gasteiger partial charge in [0, 0.05) is 18.0 Å². The SMILES string of the molecule is Cc1cc(NC(=O)CSCc2ccn(-c3ccccc3)n2)no1. The first-order chi connectivity index (χ1) is 11.2. The summed E-state index contributed by atoms with van der Waals surface area (Å²) in [6, 6.07) is 13.6. The molecule has 2 aromatic heterocycles. The monoisotopic (exact) mass is 328 g/mol. The van der Waals surface area contributed by atoms with Gasteiger partial charge in [0.25, 0.3) is 0 Å². The lowest BCUT2D eigenvalue weighted by Gasteiger charge is -2.01. The molecule has 3 aromatic rings. The average Bonchev–Trinajstić information content (AvgIpc) is 3.17. The largest absolute Gasteiger partial charge is 0.360 e. The third kappa shape index (κ3) is 4.23. The second-order valence-corrected chi connectivity index (χ2v) is 5.94. The highest BCUT2D eigenvalue weighted by atomic mass is 32.2. The highest BCUT2D eigenvalue weighted by Crippen LogP contribution is 2.14. The number of anilines is 1. The summed E-state index contributed by atoms with van der Waals surface area (Å²) in [4.78, 5) is 11.8. The van der Waals surface area contributed by atoms with Gasteiger partial charge in [0.1, 0.15) is 5.76 Å². The van der Waals surface area contributed by atoms with Crippen molar-refractivity contribution in [2.24, 2.45) is 0 Å². The van der Waals surface area contributed by atoms with Crippen LogP contribution in [0, 0.1) is 6.92 Å². The summed E-state index contributed by atoms with van der Waals surface area (Å²) in [6.45, 7) is 1.78. The van der Waals surface area contributed by atoms with E-state index < -0.39 is 0 Å². The molecule has 118 valence electrons. The number of aromatic nitrogens is 3. The predicted octanol–water partition coefficient (Wildman–Crippen LogP) is 3.04. The number of nitrogens with one attached hydrogen (secondary N) is 1. The van der Waals surface area contributed by atoms with Crippen LogP contribution in [0.2, 0.25) is 0 Å². The Labute approximate surface area is 137 Å². The molecule has 3 rings (SSSR count). The van der Waals surface area contributed by atoms with Crippen LogP contribution in [0.1, 0.15) is 11.5 Å². The Hall–Kier alpha value is -2.54. The average molecular weight is 328 g/mol. The van der Waals surface area contributed by atoms with E-state index in [0.717, 1.165) is 11.4 Å². The van der Waals surface area contributed by atoms with Crippen LogP contribution in [-0.2, 0) is 10.5 Å². The van der Waals surface area contributed by atoms with E-state index in [1.807, 2.05) is 47.3 Å². The molecule has 0 spiro atoms. The van der Waals surface area contributed by atoms with Crippen molar-refractivity contribution in [2.75, 3.05) is 11.1 Å². The Balaban J connectivity index is 1.47. The molecular weight excluding hydrogens is 312 g/mol. The fourth-order valence-electron chi connectivity index (χ4n) is 2.02. The number of carbonyl (C=O) groups is 1. The lowest BCUT2D eigenvalue weighted by Crippen LogP contribution is -2.14. The van der Waals surface area contributed by atoms with Crippen LogP contribution in [0.3, 0.4) is 0 Å². The summed E-state index contributed by atoms with van der Waals surface area (Å²) in [7, 11) is 0. The molecule has 0 aliphatic carbocycles. The van der Waals surface area contributed by atoms with Gasteiger partial charge in [-0.15, -0.1) is 11.8 Å². The number of rotatable bonds is 6. The van der Waals surface area contributed by atoms with Crippen LogP contribution >= 0.6 is 11.8 Å². The molecule has 0 unspecified atom stereocenters. The number of carbonyl (C=O) groups excluding carboxylic acids is 1. The van der Waals surface area contributed by atoms with Crippen molar-refractivity contribution in [3.05, 3.63) is 60.1 Å². The molecule has 1 amide bonds. The van der Waals surface area contributed by atoms with Crippen LogP contribution in [0.25, 0.3) is 5.69 Å². The normalized spacial score (nSPS) is 10.7. The molecule has 2 heterocycles. The van der Waals surface area contributed by atoms with Crippen LogP contribution in [-0.4, -0.2) is 26.6 Å². The van der Waals surface area contributed by atoms with E-state index in [0.29, 0.717) is 23.1 Å². The number of benzene rings is 1. The van der Waals surface area contributed by atoms with E-state index in [4.69, 9.17) is 4.52 Å². The third-order valence-corrected chi connectivity index (χ3v) is 4.01. The van der Waals surface area contributed by atoms with Gasteiger partial charge < -0.3 is 9.84 Å². The maximum absolute atomic E-state index is 11.8. The second kappa shape index (κ2) is 7.15. The number of hydrogen-bond acceptors (Lipinski definition) is 5. The van der Waals surface area contributed by atoms with E-state index in [9.17, 15) is 4.79 Å². The molecule has 0 saturated carbocycles. The molecule has 1 N–H and O–H groups in total. The molecule has 0 fully saturated rings. The summed E-state index contributed by atoms with van der Waals surface area (Å²) < 4.78 is 6.73. The Morgan fingerprint density at radius 1 is 1.30 bits per heavy atom. The molecule has 0 atom stereocenters. The lowest BCUT2D eigenvalue weighted by molar-refractivity contribution is -0.113. The van der Waals surface area contributed by atoms with Gasteiger partial charge in [-0.3, -0.25) is 4.79 Å². The first-order valence-corrected chi connectivity index (χ1v) is 8.27. The van der Waals surface area contributed by atoms with Crippen molar-refractivity contribution in [3.8, 4) is 5.69 Å². The zero-order valence-corrected chi connectivity index (χ0v) is 13.4. The fraction of sp³-hybridized carbons (Fsp3) is 0.188. The zero-order chi connectivity index (χ0) is 16.1. The first kappa shape index (κ1) is 15.4. The van der Waals surface area contributed by atoms with E-state index in [1.54, 1.807) is 13.0 Å². The van der Waals surface area contributed by atoms with Crippen LogP contribution in [0.4, 0.5) is 5.82 Å². The van der Waals surface area contributed by atoms with Gasteiger partial charge in [0.15, 0.2) is 5.82 Å². The molecule has 0 radical (unpaired) electrons.